The number of amides is 2. The molecule has 2 amide bonds. The van der Waals surface area contributed by atoms with Crippen LogP contribution in [0.15, 0.2) is 41.6 Å². The molecule has 0 spiro atoms. The van der Waals surface area contributed by atoms with Gasteiger partial charge in [-0.3, -0.25) is 14.0 Å². The lowest BCUT2D eigenvalue weighted by atomic mass is 9.84. The van der Waals surface area contributed by atoms with Crippen LogP contribution in [0.25, 0.3) is 28.1 Å². The normalized spacial score (nSPS) is 24.1. The number of aryl methyl sites for hydroxylation is 1. The van der Waals surface area contributed by atoms with Gasteiger partial charge in [-0.2, -0.15) is 0 Å². The van der Waals surface area contributed by atoms with Gasteiger partial charge in [0.15, 0.2) is 5.88 Å². The highest BCUT2D eigenvalue weighted by atomic mass is 19.3. The Bertz CT molecular complexity index is 2100. The monoisotopic (exact) mass is 641 g/mol. The van der Waals surface area contributed by atoms with Crippen molar-refractivity contribution in [1.29, 1.82) is 0 Å². The van der Waals surface area contributed by atoms with Gasteiger partial charge in [0, 0.05) is 52.8 Å². The fourth-order valence-corrected chi connectivity index (χ4v) is 8.19. The molecule has 2 saturated heterocycles. The van der Waals surface area contributed by atoms with Crippen molar-refractivity contribution in [2.45, 2.75) is 82.3 Å². The second-order valence-electron chi connectivity index (χ2n) is 14.9. The smallest absolute Gasteiger partial charge is 0.282 e. The van der Waals surface area contributed by atoms with Crippen LogP contribution in [0.3, 0.4) is 0 Å². The molecule has 7 heterocycles. The number of fused-ring (bicyclic) bond motifs is 2. The predicted octanol–water partition coefficient (Wildman–Crippen LogP) is 4.81. The van der Waals surface area contributed by atoms with Gasteiger partial charge in [0.2, 0.25) is 5.91 Å². The number of aromatic nitrogens is 4. The number of ether oxygens (including phenoxy) is 1. The van der Waals surface area contributed by atoms with Gasteiger partial charge >= 0.3 is 0 Å². The first-order valence-electron chi connectivity index (χ1n) is 16.4. The average molecular weight is 642 g/mol. The van der Waals surface area contributed by atoms with Gasteiger partial charge in [-0.1, -0.05) is 13.8 Å². The second-order valence-corrected chi connectivity index (χ2v) is 14.9. The summed E-state index contributed by atoms with van der Waals surface area (Å²) in [5.74, 6) is -2.10. The molecule has 2 atom stereocenters. The molecule has 0 radical (unpaired) electrons. The minimum absolute atomic E-state index is 0.0729. The van der Waals surface area contributed by atoms with Crippen molar-refractivity contribution >= 4 is 28.5 Å². The summed E-state index contributed by atoms with van der Waals surface area (Å²) >= 11 is 0. The van der Waals surface area contributed by atoms with E-state index in [2.05, 4.69) is 10.6 Å². The number of imidazole rings is 1. The molecule has 4 bridgehead atoms. The highest BCUT2D eigenvalue weighted by Gasteiger charge is 2.68. The number of hydrogen-bond donors (Lipinski definition) is 1. The van der Waals surface area contributed by atoms with Crippen molar-refractivity contribution < 1.29 is 23.1 Å². The molecule has 0 unspecified atom stereocenters. The minimum Gasteiger partial charge on any atom is -0.482 e. The molecule has 244 valence electrons. The molecule has 12 heteroatoms. The van der Waals surface area contributed by atoms with E-state index in [9.17, 15) is 18.4 Å². The summed E-state index contributed by atoms with van der Waals surface area (Å²) in [5, 5.41) is 0.949. The molecule has 47 heavy (non-hydrogen) atoms. The first-order valence-corrected chi connectivity index (χ1v) is 16.4. The number of rotatable bonds is 8. The summed E-state index contributed by atoms with van der Waals surface area (Å²) in [7, 11) is 1.60. The number of methoxy groups -OCH3 is 1. The maximum atomic E-state index is 13.8. The van der Waals surface area contributed by atoms with Crippen molar-refractivity contribution in [3.05, 3.63) is 58.6 Å². The van der Waals surface area contributed by atoms with Gasteiger partial charge < -0.3 is 24.8 Å². The van der Waals surface area contributed by atoms with Crippen LogP contribution in [0, 0.1) is 12.8 Å². The Balaban J connectivity index is 1.09. The Morgan fingerprint density at radius 1 is 1.13 bits per heavy atom. The summed E-state index contributed by atoms with van der Waals surface area (Å²) in [6, 6.07) is 9.80. The van der Waals surface area contributed by atoms with Gasteiger partial charge in [-0.15, -0.1) is 0 Å². The van der Waals surface area contributed by atoms with Crippen molar-refractivity contribution in [1.82, 2.24) is 28.7 Å². The third-order valence-corrected chi connectivity index (χ3v) is 11.0. The maximum absolute atomic E-state index is 13.8. The summed E-state index contributed by atoms with van der Waals surface area (Å²) in [6.07, 6.45) is 4.05. The topological polar surface area (TPSA) is 111 Å². The zero-order valence-corrected chi connectivity index (χ0v) is 26.9. The molecular formula is C35H37F2N7O3. The lowest BCUT2D eigenvalue weighted by Gasteiger charge is -2.40. The molecular weight excluding hydrogens is 604 g/mol. The molecule has 4 fully saturated rings. The van der Waals surface area contributed by atoms with Crippen LogP contribution in [-0.4, -0.2) is 78.3 Å². The van der Waals surface area contributed by atoms with Gasteiger partial charge in [-0.05, 0) is 68.4 Å². The van der Waals surface area contributed by atoms with Crippen LogP contribution in [0.4, 0.5) is 8.78 Å². The fraction of sp³-hybridized carbons (Fsp3) is 0.486. The molecule has 2 N–H and O–H groups in total. The Morgan fingerprint density at radius 2 is 1.89 bits per heavy atom. The standard InChI is InChI=1S/C35H37F2N7O3/c1-18-29(40-26-10-21(11-28(47-4)43(18)26)32(46)44-22-12-23-30(44)35(23,38)13-22)24-9-20-7-8-25(39-31(20)42(24)15-19-5-6-19)33(2,3)14-27(45)41-16-34(36,37)17-41/h7-11,19,22H,5-6,12-17,38H2,1-4H3/t22-,35+/m0/s1. The first kappa shape index (κ1) is 28.9. The number of likely N-dealkylation sites (tertiary alicyclic amines) is 1. The number of hydrogen-bond acceptors (Lipinski definition) is 6. The largest absolute Gasteiger partial charge is 0.482 e. The molecule has 4 aromatic heterocycles. The number of alkyl halides is 2. The van der Waals surface area contributed by atoms with Crippen LogP contribution in [-0.2, 0) is 16.8 Å². The molecule has 4 aromatic rings. The lowest BCUT2D eigenvalue weighted by molar-refractivity contribution is -0.166. The van der Waals surface area contributed by atoms with Crippen molar-refractivity contribution in [2.75, 3.05) is 20.2 Å². The first-order chi connectivity index (χ1) is 22.3. The Labute approximate surface area is 270 Å². The van der Waals surface area contributed by atoms with E-state index in [0.29, 0.717) is 23.0 Å². The van der Waals surface area contributed by atoms with E-state index in [1.165, 1.54) is 10.5 Å². The quantitative estimate of drug-likeness (QED) is 0.296. The summed E-state index contributed by atoms with van der Waals surface area (Å²) in [4.78, 5) is 39.9. The highest BCUT2D eigenvalue weighted by molar-refractivity contribution is 6.00. The second kappa shape index (κ2) is 9.18. The number of carbonyl (C=O) groups excluding carboxylic acids is 2. The molecule has 6 aliphatic rings. The van der Waals surface area contributed by atoms with Gasteiger partial charge in [0.25, 0.3) is 11.8 Å². The number of piperidine rings is 1. The summed E-state index contributed by atoms with van der Waals surface area (Å²) in [6.45, 7) is 5.60. The van der Waals surface area contributed by atoms with Gasteiger partial charge in [0.05, 0.1) is 37.1 Å². The fourth-order valence-electron chi connectivity index (χ4n) is 8.19. The van der Waals surface area contributed by atoms with Gasteiger partial charge in [-0.25, -0.2) is 18.7 Å². The molecule has 2 saturated carbocycles. The third kappa shape index (κ3) is 4.15. The Morgan fingerprint density at radius 3 is 2.51 bits per heavy atom. The summed E-state index contributed by atoms with van der Waals surface area (Å²) in [5.41, 5.74) is 12.9. The number of carbonyl (C=O) groups is 2. The number of nitrogens with two attached hydrogens (primary N) is 1. The minimum atomic E-state index is -2.80. The average Bonchev–Trinajstić information content (AvgIpc) is 3.57. The van der Waals surface area contributed by atoms with E-state index in [0.717, 1.165) is 71.7 Å². The van der Waals surface area contributed by atoms with E-state index in [4.69, 9.17) is 20.4 Å². The van der Waals surface area contributed by atoms with Crippen LogP contribution >= 0.6 is 0 Å². The third-order valence-electron chi connectivity index (χ3n) is 11.0. The van der Waals surface area contributed by atoms with Crippen molar-refractivity contribution in [3.63, 3.8) is 0 Å². The van der Waals surface area contributed by atoms with Crippen LogP contribution in [0.5, 0.6) is 5.88 Å². The number of nitrogens with zero attached hydrogens (tertiary/aromatic N) is 6. The maximum Gasteiger partial charge on any atom is 0.282 e. The van der Waals surface area contributed by atoms with Crippen molar-refractivity contribution in [2.24, 2.45) is 11.7 Å². The molecule has 10 rings (SSSR count). The SMILES string of the molecule is COc1cc(C(=O)N2C3=C4C[C@H]2C[C@@]43N)cc2nc(-c3cc4ccc(C(C)(C)CC(=O)N5CC(F)(F)C5)nc4n3CC3CC3)c(C)n12. The van der Waals surface area contributed by atoms with Crippen molar-refractivity contribution in [3.8, 4) is 17.3 Å². The van der Waals surface area contributed by atoms with E-state index >= 15 is 0 Å². The van der Waals surface area contributed by atoms with Crippen LogP contribution in [0.2, 0.25) is 0 Å². The van der Waals surface area contributed by atoms with E-state index in [-0.39, 0.29) is 29.8 Å². The molecule has 0 aromatic carbocycles. The zero-order valence-electron chi connectivity index (χ0n) is 26.9. The van der Waals surface area contributed by atoms with E-state index in [1.54, 1.807) is 13.2 Å². The Kier molecular flexibility index (Phi) is 5.64. The number of pyridine rings is 2. The molecule has 10 nitrogen and oxygen atoms in total. The summed E-state index contributed by atoms with van der Waals surface area (Å²) < 4.78 is 36.8. The predicted molar refractivity (Wildman–Crippen MR) is 170 cm³/mol. The highest BCUT2D eigenvalue weighted by Crippen LogP contribution is 2.64. The zero-order chi connectivity index (χ0) is 32.8. The Hall–Kier alpha value is -4.32. The van der Waals surface area contributed by atoms with Gasteiger partial charge in [0.1, 0.15) is 17.0 Å². The van der Waals surface area contributed by atoms with Crippen LogP contribution in [0.1, 0.15) is 67.7 Å². The number of halogens is 2. The van der Waals surface area contributed by atoms with E-state index < -0.39 is 24.4 Å². The van der Waals surface area contributed by atoms with E-state index in [1.807, 2.05) is 48.3 Å². The van der Waals surface area contributed by atoms with Crippen LogP contribution < -0.4 is 10.5 Å². The lowest BCUT2D eigenvalue weighted by Crippen LogP contribution is -2.59. The molecule has 3 aliphatic carbocycles. The molecule has 3 aliphatic heterocycles.